The number of aromatic hydroxyl groups is 1. The van der Waals surface area contributed by atoms with Gasteiger partial charge in [-0.2, -0.15) is 5.10 Å². The summed E-state index contributed by atoms with van der Waals surface area (Å²) in [6.07, 6.45) is 3.04. The molecule has 0 unspecified atom stereocenters. The number of halogens is 2. The average molecular weight is 326 g/mol. The summed E-state index contributed by atoms with van der Waals surface area (Å²) in [5, 5.41) is 14.5. The summed E-state index contributed by atoms with van der Waals surface area (Å²) < 4.78 is 5.29. The van der Waals surface area contributed by atoms with Gasteiger partial charge in [0.25, 0.3) is 0 Å². The predicted octanol–water partition coefficient (Wildman–Crippen LogP) is 3.94. The lowest BCUT2D eigenvalue weighted by molar-refractivity contribution is 0.318. The number of nitrogens with one attached hydrogen (secondary N) is 1. The Kier molecular flexibility index (Phi) is 5.25. The fourth-order valence-electron chi connectivity index (χ4n) is 1.55. The highest BCUT2D eigenvalue weighted by molar-refractivity contribution is 6.35. The van der Waals surface area contributed by atoms with Gasteiger partial charge in [-0.15, -0.1) is 0 Å². The van der Waals surface area contributed by atoms with E-state index < -0.39 is 0 Å². The van der Waals surface area contributed by atoms with Gasteiger partial charge in [0.05, 0.1) is 22.9 Å². The molecule has 21 heavy (non-hydrogen) atoms. The van der Waals surface area contributed by atoms with E-state index in [0.717, 1.165) is 5.56 Å². The van der Waals surface area contributed by atoms with Crippen LogP contribution in [0.1, 0.15) is 12.5 Å². The maximum Gasteiger partial charge on any atom is 0.165 e. The molecule has 0 atom stereocenters. The van der Waals surface area contributed by atoms with Crippen LogP contribution in [-0.4, -0.2) is 22.9 Å². The van der Waals surface area contributed by atoms with E-state index in [1.54, 1.807) is 30.5 Å². The molecule has 0 saturated heterocycles. The lowest BCUT2D eigenvalue weighted by Gasteiger charge is -2.06. The summed E-state index contributed by atoms with van der Waals surface area (Å²) in [6, 6.07) is 6.50. The zero-order chi connectivity index (χ0) is 15.2. The van der Waals surface area contributed by atoms with Crippen molar-refractivity contribution in [2.75, 3.05) is 12.0 Å². The minimum Gasteiger partial charge on any atom is -0.504 e. The van der Waals surface area contributed by atoms with Gasteiger partial charge < -0.3 is 9.84 Å². The van der Waals surface area contributed by atoms with Crippen LogP contribution in [0.2, 0.25) is 10.0 Å². The summed E-state index contributed by atoms with van der Waals surface area (Å²) in [6.45, 7) is 2.31. The summed E-state index contributed by atoms with van der Waals surface area (Å²) in [7, 11) is 0. The number of phenolic OH excluding ortho intramolecular Hbond substituents is 1. The highest BCUT2D eigenvalue weighted by Gasteiger charge is 2.03. The Bertz CT molecular complexity index is 663. The van der Waals surface area contributed by atoms with Gasteiger partial charge in [0.1, 0.15) is 0 Å². The fourth-order valence-corrected chi connectivity index (χ4v) is 1.97. The van der Waals surface area contributed by atoms with E-state index in [2.05, 4.69) is 15.5 Å². The maximum atomic E-state index is 9.61. The quantitative estimate of drug-likeness (QED) is 0.645. The molecule has 0 saturated carbocycles. The number of nitrogens with zero attached hydrogens (tertiary/aromatic N) is 2. The topological polar surface area (TPSA) is 66.7 Å². The van der Waals surface area contributed by atoms with Crippen molar-refractivity contribution in [2.24, 2.45) is 5.10 Å². The standard InChI is InChI=1S/C14H13Cl2N3O2/c1-2-21-13-5-9(3-4-12(13)20)7-18-19-14-11(16)6-10(15)8-17-14/h3-8,20H,2H2,1H3,(H,17,19)/b18-7+. The molecule has 2 N–H and O–H groups in total. The van der Waals surface area contributed by atoms with Crippen molar-refractivity contribution in [3.05, 3.63) is 46.1 Å². The third kappa shape index (κ3) is 4.24. The highest BCUT2D eigenvalue weighted by Crippen LogP contribution is 2.26. The number of rotatable bonds is 5. The molecule has 0 fully saturated rings. The molecule has 0 bridgehead atoms. The number of pyridine rings is 1. The number of benzene rings is 1. The minimum absolute atomic E-state index is 0.0874. The molecule has 0 spiro atoms. The van der Waals surface area contributed by atoms with Gasteiger partial charge in [-0.05, 0) is 36.8 Å². The van der Waals surface area contributed by atoms with Crippen molar-refractivity contribution in [1.82, 2.24) is 4.98 Å². The molecule has 2 rings (SSSR count). The first kappa shape index (κ1) is 15.4. The van der Waals surface area contributed by atoms with Gasteiger partial charge in [-0.1, -0.05) is 23.2 Å². The van der Waals surface area contributed by atoms with Crippen LogP contribution in [0.3, 0.4) is 0 Å². The van der Waals surface area contributed by atoms with Crippen LogP contribution < -0.4 is 10.2 Å². The van der Waals surface area contributed by atoms with Crippen molar-refractivity contribution >= 4 is 35.2 Å². The molecule has 0 amide bonds. The van der Waals surface area contributed by atoms with Crippen LogP contribution in [0.4, 0.5) is 5.82 Å². The Labute approximate surface area is 132 Å². The van der Waals surface area contributed by atoms with Gasteiger partial charge in [-0.3, -0.25) is 5.43 Å². The molecule has 1 aromatic carbocycles. The average Bonchev–Trinajstić information content (AvgIpc) is 2.45. The van der Waals surface area contributed by atoms with E-state index in [1.165, 1.54) is 6.20 Å². The summed E-state index contributed by atoms with van der Waals surface area (Å²) >= 11 is 11.7. The molecular weight excluding hydrogens is 313 g/mol. The van der Waals surface area contributed by atoms with Gasteiger partial charge in [0, 0.05) is 6.20 Å². The molecule has 0 aliphatic carbocycles. The molecule has 0 aliphatic heterocycles. The number of phenols is 1. The van der Waals surface area contributed by atoms with Crippen LogP contribution in [0.25, 0.3) is 0 Å². The predicted molar refractivity (Wildman–Crippen MR) is 84.7 cm³/mol. The first-order valence-electron chi connectivity index (χ1n) is 6.16. The van der Waals surface area contributed by atoms with Crippen molar-refractivity contribution in [2.45, 2.75) is 6.92 Å². The SMILES string of the molecule is CCOc1cc(/C=N/Nc2ncc(Cl)cc2Cl)ccc1O. The van der Waals surface area contributed by atoms with Crippen molar-refractivity contribution in [3.8, 4) is 11.5 Å². The molecule has 110 valence electrons. The van der Waals surface area contributed by atoms with Crippen LogP contribution in [0, 0.1) is 0 Å². The number of hydrazone groups is 1. The van der Waals surface area contributed by atoms with Gasteiger partial charge in [0.15, 0.2) is 17.3 Å². The molecule has 7 heteroatoms. The molecule has 2 aromatic rings. The van der Waals surface area contributed by atoms with E-state index in [1.807, 2.05) is 6.92 Å². The zero-order valence-corrected chi connectivity index (χ0v) is 12.7. The van der Waals surface area contributed by atoms with Gasteiger partial charge >= 0.3 is 0 Å². The highest BCUT2D eigenvalue weighted by atomic mass is 35.5. The van der Waals surface area contributed by atoms with Crippen LogP contribution in [-0.2, 0) is 0 Å². The molecule has 0 aliphatic rings. The number of hydrogen-bond donors (Lipinski definition) is 2. The van der Waals surface area contributed by atoms with E-state index in [-0.39, 0.29) is 5.75 Å². The fraction of sp³-hybridized carbons (Fsp3) is 0.143. The maximum absolute atomic E-state index is 9.61. The Morgan fingerprint density at radius 3 is 2.90 bits per heavy atom. The number of aromatic nitrogens is 1. The first-order chi connectivity index (χ1) is 10.1. The molecule has 1 heterocycles. The Balaban J connectivity index is 2.09. The van der Waals surface area contributed by atoms with Gasteiger partial charge in [0.2, 0.25) is 0 Å². The Morgan fingerprint density at radius 1 is 1.38 bits per heavy atom. The van der Waals surface area contributed by atoms with Crippen molar-refractivity contribution in [1.29, 1.82) is 0 Å². The minimum atomic E-state index is 0.0874. The smallest absolute Gasteiger partial charge is 0.165 e. The number of ether oxygens (including phenoxy) is 1. The Hall–Kier alpha value is -1.98. The van der Waals surface area contributed by atoms with Crippen LogP contribution in [0.15, 0.2) is 35.6 Å². The second kappa shape index (κ2) is 7.15. The normalized spacial score (nSPS) is 10.8. The largest absolute Gasteiger partial charge is 0.504 e. The zero-order valence-electron chi connectivity index (χ0n) is 11.2. The monoisotopic (exact) mass is 325 g/mol. The van der Waals surface area contributed by atoms with E-state index in [9.17, 15) is 5.11 Å². The molecular formula is C14H13Cl2N3O2. The van der Waals surface area contributed by atoms with Crippen LogP contribution in [0.5, 0.6) is 11.5 Å². The summed E-state index contributed by atoms with van der Waals surface area (Å²) in [5.74, 6) is 0.898. The van der Waals surface area contributed by atoms with Gasteiger partial charge in [-0.25, -0.2) is 4.98 Å². The van der Waals surface area contributed by atoms with Crippen molar-refractivity contribution in [3.63, 3.8) is 0 Å². The first-order valence-corrected chi connectivity index (χ1v) is 6.91. The van der Waals surface area contributed by atoms with Crippen molar-refractivity contribution < 1.29 is 9.84 Å². The molecule has 0 radical (unpaired) electrons. The third-order valence-electron chi connectivity index (χ3n) is 2.48. The van der Waals surface area contributed by atoms with E-state index in [4.69, 9.17) is 27.9 Å². The lowest BCUT2D eigenvalue weighted by atomic mass is 10.2. The molecule has 1 aromatic heterocycles. The van der Waals surface area contributed by atoms with Crippen LogP contribution >= 0.6 is 23.2 Å². The summed E-state index contributed by atoms with van der Waals surface area (Å²) in [5.41, 5.74) is 3.48. The second-order valence-electron chi connectivity index (χ2n) is 4.01. The number of anilines is 1. The lowest BCUT2D eigenvalue weighted by Crippen LogP contribution is -1.96. The number of hydrogen-bond acceptors (Lipinski definition) is 5. The van der Waals surface area contributed by atoms with E-state index in [0.29, 0.717) is 28.2 Å². The third-order valence-corrected chi connectivity index (χ3v) is 2.97. The second-order valence-corrected chi connectivity index (χ2v) is 4.86. The van der Waals surface area contributed by atoms with E-state index >= 15 is 0 Å². The molecule has 5 nitrogen and oxygen atoms in total. The summed E-state index contributed by atoms with van der Waals surface area (Å²) in [4.78, 5) is 4.02. The Morgan fingerprint density at radius 2 is 2.19 bits per heavy atom.